The molecular formula is C12H16N4O4S. The molecule has 0 unspecified atom stereocenters. The van der Waals surface area contributed by atoms with Gasteiger partial charge in [-0.1, -0.05) is 0 Å². The molecule has 1 rings (SSSR count). The number of sulfonamides is 1. The number of nitrogens with zero attached hydrogens (tertiary/aromatic N) is 3. The van der Waals surface area contributed by atoms with Crippen LogP contribution in [0.2, 0.25) is 0 Å². The van der Waals surface area contributed by atoms with Gasteiger partial charge in [-0.15, -0.1) is 0 Å². The van der Waals surface area contributed by atoms with Crippen molar-refractivity contribution in [2.75, 3.05) is 12.3 Å². The van der Waals surface area contributed by atoms with E-state index in [1.165, 1.54) is 0 Å². The van der Waals surface area contributed by atoms with E-state index in [-0.39, 0.29) is 35.3 Å². The predicted octanol–water partition coefficient (Wildman–Crippen LogP) is 1.49. The second-order valence-corrected chi connectivity index (χ2v) is 6.46. The zero-order valence-electron chi connectivity index (χ0n) is 11.7. The second kappa shape index (κ2) is 6.51. The molecule has 21 heavy (non-hydrogen) atoms. The summed E-state index contributed by atoms with van der Waals surface area (Å²) in [6, 6.07) is 4.74. The molecule has 2 N–H and O–H groups in total. The van der Waals surface area contributed by atoms with Gasteiger partial charge in [-0.25, -0.2) is 8.42 Å². The molecule has 9 heteroatoms. The van der Waals surface area contributed by atoms with Crippen LogP contribution in [0.15, 0.2) is 23.1 Å². The van der Waals surface area contributed by atoms with Crippen LogP contribution in [0.5, 0.6) is 0 Å². The lowest BCUT2D eigenvalue weighted by Gasteiger charge is -2.25. The van der Waals surface area contributed by atoms with Crippen molar-refractivity contribution in [2.45, 2.75) is 31.2 Å². The maximum atomic E-state index is 12.5. The first kappa shape index (κ1) is 16.9. The molecule has 0 amide bonds. The summed E-state index contributed by atoms with van der Waals surface area (Å²) in [5.41, 5.74) is 5.17. The van der Waals surface area contributed by atoms with Gasteiger partial charge in [0.25, 0.3) is 5.69 Å². The Balaban J connectivity index is 3.29. The SMILES string of the molecule is CC(C)N(CCC#N)S(=O)(=O)c1ccc([N+](=O)[O-])cc1N. The van der Waals surface area contributed by atoms with E-state index in [0.717, 1.165) is 22.5 Å². The molecule has 1 aromatic carbocycles. The predicted molar refractivity (Wildman–Crippen MR) is 76.8 cm³/mol. The number of benzene rings is 1. The van der Waals surface area contributed by atoms with Crippen molar-refractivity contribution >= 4 is 21.4 Å². The monoisotopic (exact) mass is 312 g/mol. The minimum Gasteiger partial charge on any atom is -0.397 e. The molecule has 0 saturated carbocycles. The maximum Gasteiger partial charge on any atom is 0.271 e. The fourth-order valence-electron chi connectivity index (χ4n) is 1.83. The van der Waals surface area contributed by atoms with Crippen molar-refractivity contribution in [3.63, 3.8) is 0 Å². The Morgan fingerprint density at radius 2 is 2.10 bits per heavy atom. The van der Waals surface area contributed by atoms with Crippen LogP contribution in [0.1, 0.15) is 20.3 Å². The molecule has 0 heterocycles. The van der Waals surface area contributed by atoms with E-state index in [0.29, 0.717) is 0 Å². The molecule has 0 atom stereocenters. The molecule has 0 aliphatic carbocycles. The Morgan fingerprint density at radius 3 is 2.52 bits per heavy atom. The molecule has 0 aromatic heterocycles. The highest BCUT2D eigenvalue weighted by Gasteiger charge is 2.29. The van der Waals surface area contributed by atoms with Crippen LogP contribution in [-0.2, 0) is 10.0 Å². The second-order valence-electron chi connectivity index (χ2n) is 4.60. The maximum absolute atomic E-state index is 12.5. The first-order chi connectivity index (χ1) is 9.71. The Morgan fingerprint density at radius 1 is 1.48 bits per heavy atom. The van der Waals surface area contributed by atoms with Crippen LogP contribution in [0, 0.1) is 21.4 Å². The summed E-state index contributed by atoms with van der Waals surface area (Å²) < 4.78 is 26.2. The van der Waals surface area contributed by atoms with Crippen molar-refractivity contribution in [1.29, 1.82) is 5.26 Å². The summed E-state index contributed by atoms with van der Waals surface area (Å²) >= 11 is 0. The van der Waals surface area contributed by atoms with Gasteiger partial charge in [0, 0.05) is 31.1 Å². The average molecular weight is 312 g/mol. The summed E-state index contributed by atoms with van der Waals surface area (Å²) in [5, 5.41) is 19.3. The quantitative estimate of drug-likeness (QED) is 0.481. The van der Waals surface area contributed by atoms with Crippen molar-refractivity contribution < 1.29 is 13.3 Å². The van der Waals surface area contributed by atoms with Gasteiger partial charge in [0.2, 0.25) is 10.0 Å². The van der Waals surface area contributed by atoms with Gasteiger partial charge in [-0.3, -0.25) is 10.1 Å². The van der Waals surface area contributed by atoms with Crippen LogP contribution >= 0.6 is 0 Å². The average Bonchev–Trinajstić information content (AvgIpc) is 2.37. The first-order valence-electron chi connectivity index (χ1n) is 6.14. The minimum atomic E-state index is -3.91. The van der Waals surface area contributed by atoms with Gasteiger partial charge in [0.05, 0.1) is 16.7 Å². The zero-order valence-corrected chi connectivity index (χ0v) is 12.5. The lowest BCUT2D eigenvalue weighted by atomic mass is 10.3. The molecule has 0 aliphatic rings. The van der Waals surface area contributed by atoms with Crippen LogP contribution < -0.4 is 5.73 Å². The van der Waals surface area contributed by atoms with E-state index >= 15 is 0 Å². The molecule has 1 aromatic rings. The lowest BCUT2D eigenvalue weighted by Crippen LogP contribution is -2.37. The molecular weight excluding hydrogens is 296 g/mol. The van der Waals surface area contributed by atoms with E-state index in [9.17, 15) is 18.5 Å². The van der Waals surface area contributed by atoms with Crippen LogP contribution in [-0.4, -0.2) is 30.2 Å². The van der Waals surface area contributed by atoms with Gasteiger partial charge < -0.3 is 5.73 Å². The highest BCUT2D eigenvalue weighted by Crippen LogP contribution is 2.27. The normalized spacial score (nSPS) is 11.6. The standard InChI is InChI=1S/C12H16N4O4S/c1-9(2)15(7-3-6-13)21(19,20)12-5-4-10(16(17)18)8-11(12)14/h4-5,8-9H,3,7,14H2,1-2H3. The van der Waals surface area contributed by atoms with Gasteiger partial charge in [0.1, 0.15) is 4.90 Å². The number of nitriles is 1. The number of non-ortho nitro benzene ring substituents is 1. The lowest BCUT2D eigenvalue weighted by molar-refractivity contribution is -0.384. The smallest absolute Gasteiger partial charge is 0.271 e. The molecule has 8 nitrogen and oxygen atoms in total. The number of nitrogens with two attached hydrogens (primary N) is 1. The fourth-order valence-corrected chi connectivity index (χ4v) is 3.56. The highest BCUT2D eigenvalue weighted by molar-refractivity contribution is 7.89. The van der Waals surface area contributed by atoms with Crippen molar-refractivity contribution in [2.24, 2.45) is 0 Å². The van der Waals surface area contributed by atoms with Crippen LogP contribution in [0.25, 0.3) is 0 Å². The van der Waals surface area contributed by atoms with E-state index in [1.807, 2.05) is 6.07 Å². The summed E-state index contributed by atoms with van der Waals surface area (Å²) in [6.45, 7) is 3.39. The van der Waals surface area contributed by atoms with E-state index in [4.69, 9.17) is 11.0 Å². The molecule has 0 saturated heterocycles. The van der Waals surface area contributed by atoms with E-state index in [1.54, 1.807) is 13.8 Å². The fraction of sp³-hybridized carbons (Fsp3) is 0.417. The van der Waals surface area contributed by atoms with Crippen molar-refractivity contribution in [1.82, 2.24) is 4.31 Å². The molecule has 0 bridgehead atoms. The topological polar surface area (TPSA) is 130 Å². The van der Waals surface area contributed by atoms with Crippen molar-refractivity contribution in [3.05, 3.63) is 28.3 Å². The third-order valence-electron chi connectivity index (χ3n) is 2.81. The Bertz CT molecular complexity index is 679. The number of nitro benzene ring substituents is 1. The molecule has 0 fully saturated rings. The summed E-state index contributed by atoms with van der Waals surface area (Å²) in [5.74, 6) is 0. The third kappa shape index (κ3) is 3.68. The van der Waals surface area contributed by atoms with Gasteiger partial charge in [0.15, 0.2) is 0 Å². The number of hydrogen-bond acceptors (Lipinski definition) is 6. The summed E-state index contributed by atoms with van der Waals surface area (Å²) in [4.78, 5) is 9.81. The van der Waals surface area contributed by atoms with E-state index < -0.39 is 14.9 Å². The number of anilines is 1. The molecule has 114 valence electrons. The Hall–Kier alpha value is -2.18. The van der Waals surface area contributed by atoms with Gasteiger partial charge in [-0.05, 0) is 19.9 Å². The molecule has 0 aliphatic heterocycles. The Labute approximate surface area is 123 Å². The highest BCUT2D eigenvalue weighted by atomic mass is 32.2. The molecule has 0 radical (unpaired) electrons. The summed E-state index contributed by atoms with van der Waals surface area (Å²) in [6.07, 6.45) is 0.0459. The zero-order chi connectivity index (χ0) is 16.2. The van der Waals surface area contributed by atoms with Gasteiger partial charge >= 0.3 is 0 Å². The van der Waals surface area contributed by atoms with Crippen LogP contribution in [0.3, 0.4) is 0 Å². The van der Waals surface area contributed by atoms with Gasteiger partial charge in [-0.2, -0.15) is 9.57 Å². The summed E-state index contributed by atoms with van der Waals surface area (Å²) in [7, 11) is -3.91. The number of nitrogen functional groups attached to an aromatic ring is 1. The van der Waals surface area contributed by atoms with Crippen molar-refractivity contribution in [3.8, 4) is 6.07 Å². The number of nitro groups is 1. The largest absolute Gasteiger partial charge is 0.397 e. The minimum absolute atomic E-state index is 0.0347. The molecule has 0 spiro atoms. The number of hydrogen-bond donors (Lipinski definition) is 1. The van der Waals surface area contributed by atoms with E-state index in [2.05, 4.69) is 0 Å². The third-order valence-corrected chi connectivity index (χ3v) is 4.96. The van der Waals surface area contributed by atoms with Crippen LogP contribution in [0.4, 0.5) is 11.4 Å². The first-order valence-corrected chi connectivity index (χ1v) is 7.58. The Kier molecular flexibility index (Phi) is 5.23. The number of rotatable bonds is 6.